The van der Waals surface area contributed by atoms with E-state index in [2.05, 4.69) is 4.98 Å². The molecule has 0 bridgehead atoms. The van der Waals surface area contributed by atoms with E-state index in [1.165, 1.54) is 12.1 Å². The first kappa shape index (κ1) is 23.7. The number of hydrogen-bond donors (Lipinski definition) is 2. The van der Waals surface area contributed by atoms with Crippen LogP contribution in [0.4, 0.5) is 37.7 Å². The lowest BCUT2D eigenvalue weighted by molar-refractivity contribution is -0.137. The van der Waals surface area contributed by atoms with Crippen molar-refractivity contribution in [2.24, 2.45) is 0 Å². The Hall–Kier alpha value is -3.50. The van der Waals surface area contributed by atoms with Crippen molar-refractivity contribution in [2.45, 2.75) is 38.2 Å². The number of nitrogens with one attached hydrogen (secondary N) is 2. The number of nitrogens with zero attached hydrogens (tertiary/aromatic N) is 1. The van der Waals surface area contributed by atoms with Crippen molar-refractivity contribution in [1.82, 2.24) is 4.98 Å². The molecule has 4 rings (SSSR count). The van der Waals surface area contributed by atoms with Gasteiger partial charge in [-0.2, -0.15) is 26.3 Å². The van der Waals surface area contributed by atoms with E-state index in [-0.39, 0.29) is 11.6 Å². The molecule has 1 atom stereocenters. The first-order chi connectivity index (χ1) is 15.9. The average molecular weight is 483 g/mol. The van der Waals surface area contributed by atoms with Crippen LogP contribution in [0, 0.1) is 0 Å². The number of carbonyl (C=O) groups excluding carboxylic acids is 1. The molecule has 1 saturated heterocycles. The molecule has 11 heteroatoms. The molecule has 3 aromatic rings. The summed E-state index contributed by atoms with van der Waals surface area (Å²) in [7, 11) is 0. The number of anilines is 2. The molecular formula is C23H19F6N3O2. The van der Waals surface area contributed by atoms with E-state index in [4.69, 9.17) is 0 Å². The van der Waals surface area contributed by atoms with Gasteiger partial charge in [-0.3, -0.25) is 9.59 Å². The Morgan fingerprint density at radius 1 is 1.06 bits per heavy atom. The van der Waals surface area contributed by atoms with Crippen LogP contribution in [0.15, 0.2) is 47.4 Å². The number of pyridine rings is 1. The summed E-state index contributed by atoms with van der Waals surface area (Å²) in [6.45, 7) is 2.50. The molecule has 0 aliphatic carbocycles. The molecule has 2 heterocycles. The van der Waals surface area contributed by atoms with Gasteiger partial charge in [0.05, 0.1) is 22.2 Å². The van der Waals surface area contributed by atoms with Gasteiger partial charge in [-0.1, -0.05) is 6.07 Å². The maximum absolute atomic E-state index is 13.8. The molecule has 1 fully saturated rings. The van der Waals surface area contributed by atoms with Gasteiger partial charge in [-0.25, -0.2) is 0 Å². The van der Waals surface area contributed by atoms with E-state index in [0.29, 0.717) is 18.3 Å². The van der Waals surface area contributed by atoms with Gasteiger partial charge in [0, 0.05) is 30.0 Å². The van der Waals surface area contributed by atoms with Gasteiger partial charge in [-0.15, -0.1) is 0 Å². The fourth-order valence-corrected chi connectivity index (χ4v) is 4.23. The molecule has 1 aliphatic heterocycles. The minimum Gasteiger partial charge on any atom is -0.369 e. The molecule has 34 heavy (non-hydrogen) atoms. The van der Waals surface area contributed by atoms with Crippen LogP contribution < -0.4 is 15.6 Å². The van der Waals surface area contributed by atoms with Crippen LogP contribution in [-0.4, -0.2) is 23.5 Å². The normalized spacial score (nSPS) is 16.8. The summed E-state index contributed by atoms with van der Waals surface area (Å²) in [5.41, 5.74) is -4.77. The Balaban J connectivity index is 1.74. The number of alkyl halides is 6. The highest BCUT2D eigenvalue weighted by atomic mass is 19.4. The topological polar surface area (TPSA) is 65.2 Å². The van der Waals surface area contributed by atoms with E-state index in [1.807, 2.05) is 17.1 Å². The van der Waals surface area contributed by atoms with Crippen LogP contribution in [0.5, 0.6) is 0 Å². The van der Waals surface area contributed by atoms with E-state index in [9.17, 15) is 35.9 Å². The Bertz CT molecular complexity index is 1310. The minimum absolute atomic E-state index is 0.0560. The molecule has 2 aromatic carbocycles. The largest absolute Gasteiger partial charge is 0.418 e. The van der Waals surface area contributed by atoms with Crippen molar-refractivity contribution in [3.63, 3.8) is 0 Å². The summed E-state index contributed by atoms with van der Waals surface area (Å²) in [5, 5.41) is 1.28. The maximum Gasteiger partial charge on any atom is 0.418 e. The van der Waals surface area contributed by atoms with E-state index < -0.39 is 51.5 Å². The van der Waals surface area contributed by atoms with Crippen molar-refractivity contribution < 1.29 is 31.1 Å². The van der Waals surface area contributed by atoms with E-state index in [1.54, 1.807) is 0 Å². The van der Waals surface area contributed by atoms with E-state index in [0.717, 1.165) is 37.2 Å². The summed E-state index contributed by atoms with van der Waals surface area (Å²) < 4.78 is 81.4. The second kappa shape index (κ2) is 8.37. The van der Waals surface area contributed by atoms with Crippen molar-refractivity contribution in [1.29, 1.82) is 0 Å². The molecular weight excluding hydrogens is 464 g/mol. The van der Waals surface area contributed by atoms with Gasteiger partial charge in [0.2, 0.25) is 5.43 Å². The number of rotatable bonds is 3. The zero-order valence-corrected chi connectivity index (χ0v) is 17.8. The van der Waals surface area contributed by atoms with Crippen molar-refractivity contribution in [3.8, 4) is 0 Å². The molecule has 1 amide bonds. The molecule has 5 nitrogen and oxygen atoms in total. The number of aromatic nitrogens is 1. The average Bonchev–Trinajstić information content (AvgIpc) is 3.18. The third-order valence-corrected chi connectivity index (χ3v) is 5.90. The van der Waals surface area contributed by atoms with Crippen molar-refractivity contribution in [2.75, 3.05) is 16.8 Å². The second-order valence-electron chi connectivity index (χ2n) is 8.12. The van der Waals surface area contributed by atoms with Crippen LogP contribution in [-0.2, 0) is 12.4 Å². The Labute approximate surface area is 189 Å². The fraction of sp³-hybridized carbons (Fsp3) is 0.304. The molecule has 1 aromatic heterocycles. The van der Waals surface area contributed by atoms with Gasteiger partial charge in [0.1, 0.15) is 5.56 Å². The smallest absolute Gasteiger partial charge is 0.369 e. The number of H-pyrrole nitrogens is 1. The van der Waals surface area contributed by atoms with Gasteiger partial charge in [-0.05, 0) is 50.1 Å². The summed E-state index contributed by atoms with van der Waals surface area (Å²) in [6.07, 6.45) is -7.13. The van der Waals surface area contributed by atoms with Crippen LogP contribution in [0.1, 0.15) is 41.3 Å². The Morgan fingerprint density at radius 2 is 1.76 bits per heavy atom. The first-order valence-corrected chi connectivity index (χ1v) is 10.4. The predicted octanol–water partition coefficient (Wildman–Crippen LogP) is 5.81. The Kier molecular flexibility index (Phi) is 5.82. The second-order valence-corrected chi connectivity index (χ2v) is 8.12. The van der Waals surface area contributed by atoms with Crippen molar-refractivity contribution in [3.05, 3.63) is 69.5 Å². The van der Waals surface area contributed by atoms with Gasteiger partial charge >= 0.3 is 12.4 Å². The van der Waals surface area contributed by atoms with E-state index >= 15 is 0 Å². The predicted molar refractivity (Wildman–Crippen MR) is 115 cm³/mol. The molecule has 2 N–H and O–H groups in total. The zero-order valence-electron chi connectivity index (χ0n) is 17.8. The SMILES string of the molecule is CC1CCCN1c1ccc(NC(=O)c2c[nH]c3cccc(C(F)(F)F)c3c2=O)c(C(F)(F)F)c1. The maximum atomic E-state index is 13.8. The lowest BCUT2D eigenvalue weighted by Gasteiger charge is -2.25. The van der Waals surface area contributed by atoms with Gasteiger partial charge in [0.25, 0.3) is 5.91 Å². The molecule has 180 valence electrons. The third-order valence-electron chi connectivity index (χ3n) is 5.90. The molecule has 1 unspecified atom stereocenters. The minimum atomic E-state index is -4.87. The van der Waals surface area contributed by atoms with Crippen molar-refractivity contribution >= 4 is 28.2 Å². The third kappa shape index (κ3) is 4.34. The van der Waals surface area contributed by atoms with Crippen LogP contribution in [0.2, 0.25) is 0 Å². The number of aromatic amines is 1. The Morgan fingerprint density at radius 3 is 2.38 bits per heavy atom. The monoisotopic (exact) mass is 483 g/mol. The highest BCUT2D eigenvalue weighted by Crippen LogP contribution is 2.39. The van der Waals surface area contributed by atoms with Crippen LogP contribution >= 0.6 is 0 Å². The number of halogens is 6. The summed E-state index contributed by atoms with van der Waals surface area (Å²) in [6, 6.07) is 6.51. The first-order valence-electron chi connectivity index (χ1n) is 10.4. The van der Waals surface area contributed by atoms with Crippen LogP contribution in [0.3, 0.4) is 0 Å². The molecule has 1 aliphatic rings. The number of amides is 1. The number of benzene rings is 2. The molecule has 0 saturated carbocycles. The highest BCUT2D eigenvalue weighted by molar-refractivity contribution is 6.06. The zero-order chi connectivity index (χ0) is 24.8. The van der Waals surface area contributed by atoms with Gasteiger partial charge in [0.15, 0.2) is 0 Å². The lowest BCUT2D eigenvalue weighted by Crippen LogP contribution is -2.27. The molecule has 0 spiro atoms. The quantitative estimate of drug-likeness (QED) is 0.463. The lowest BCUT2D eigenvalue weighted by atomic mass is 10.0. The standard InChI is InChI=1S/C23H19F6N3O2/c1-12-4-3-9-32(12)13-7-8-17(16(10-13)23(27,28)29)31-21(34)14-11-30-18-6-2-5-15(22(24,25)26)19(18)20(14)33/h2,5-8,10-12H,3-4,9H2,1H3,(H,30,33)(H,31,34). The summed E-state index contributed by atoms with van der Waals surface area (Å²) >= 11 is 0. The fourth-order valence-electron chi connectivity index (χ4n) is 4.23. The van der Waals surface area contributed by atoms with Crippen LogP contribution in [0.25, 0.3) is 10.9 Å². The summed E-state index contributed by atoms with van der Waals surface area (Å²) in [5.74, 6) is -1.26. The number of fused-ring (bicyclic) bond motifs is 1. The number of hydrogen-bond acceptors (Lipinski definition) is 3. The number of carbonyl (C=O) groups is 1. The highest BCUT2D eigenvalue weighted by Gasteiger charge is 2.36. The van der Waals surface area contributed by atoms with Gasteiger partial charge < -0.3 is 15.2 Å². The molecule has 0 radical (unpaired) electrons. The summed E-state index contributed by atoms with van der Waals surface area (Å²) in [4.78, 5) is 29.8.